The minimum Gasteiger partial charge on any atom is -0.483 e. The molecule has 1 saturated heterocycles. The van der Waals surface area contributed by atoms with Crippen LogP contribution in [-0.2, 0) is 14.8 Å². The van der Waals surface area contributed by atoms with E-state index in [1.54, 1.807) is 11.9 Å². The van der Waals surface area contributed by atoms with Crippen molar-refractivity contribution in [3.63, 3.8) is 0 Å². The minimum absolute atomic E-state index is 0.0122. The summed E-state index contributed by atoms with van der Waals surface area (Å²) in [6.45, 7) is 5.04. The molecule has 0 N–H and O–H groups in total. The minimum atomic E-state index is -3.19. The lowest BCUT2D eigenvalue weighted by atomic mass is 10.1. The third kappa shape index (κ3) is 4.48. The molecule has 1 aliphatic heterocycles. The Labute approximate surface area is 144 Å². The number of benzene rings is 1. The molecule has 0 unspecified atom stereocenters. The number of rotatable bonds is 5. The maximum atomic E-state index is 12.3. The molecule has 1 fully saturated rings. The van der Waals surface area contributed by atoms with Gasteiger partial charge in [-0.3, -0.25) is 4.79 Å². The summed E-state index contributed by atoms with van der Waals surface area (Å²) in [6.07, 6.45) is 2.51. The Hall–Kier alpha value is -1.60. The van der Waals surface area contributed by atoms with Gasteiger partial charge in [0.05, 0.1) is 6.26 Å². The van der Waals surface area contributed by atoms with Gasteiger partial charge in [0.1, 0.15) is 5.75 Å². The number of para-hydroxylation sites is 1. The van der Waals surface area contributed by atoms with Crippen molar-refractivity contribution in [3.8, 4) is 5.75 Å². The van der Waals surface area contributed by atoms with Gasteiger partial charge in [-0.15, -0.1) is 0 Å². The lowest BCUT2D eigenvalue weighted by molar-refractivity contribution is -0.134. The lowest BCUT2D eigenvalue weighted by Crippen LogP contribution is -2.48. The van der Waals surface area contributed by atoms with Crippen LogP contribution in [0.15, 0.2) is 18.2 Å². The summed E-state index contributed by atoms with van der Waals surface area (Å²) in [5.74, 6) is 0.704. The fourth-order valence-electron chi connectivity index (χ4n) is 3.00. The van der Waals surface area contributed by atoms with Gasteiger partial charge in [-0.2, -0.15) is 0 Å². The second-order valence-corrected chi connectivity index (χ2v) is 8.44. The van der Waals surface area contributed by atoms with Crippen LogP contribution in [0, 0.1) is 13.8 Å². The number of sulfonamides is 1. The van der Waals surface area contributed by atoms with Crippen molar-refractivity contribution in [1.29, 1.82) is 0 Å². The van der Waals surface area contributed by atoms with Crippen LogP contribution in [0.1, 0.15) is 24.0 Å². The summed E-state index contributed by atoms with van der Waals surface area (Å²) in [6, 6.07) is 5.84. The Bertz CT molecular complexity index is 674. The monoisotopic (exact) mass is 354 g/mol. The Morgan fingerprint density at radius 2 is 1.79 bits per heavy atom. The molecule has 24 heavy (non-hydrogen) atoms. The van der Waals surface area contributed by atoms with Crippen LogP contribution in [0.4, 0.5) is 0 Å². The zero-order valence-corrected chi connectivity index (χ0v) is 15.6. The summed E-state index contributed by atoms with van der Waals surface area (Å²) < 4.78 is 30.3. The number of carbonyl (C=O) groups excluding carboxylic acids is 1. The van der Waals surface area contributed by atoms with E-state index < -0.39 is 10.0 Å². The van der Waals surface area contributed by atoms with Crippen molar-refractivity contribution in [2.75, 3.05) is 33.0 Å². The summed E-state index contributed by atoms with van der Waals surface area (Å²) >= 11 is 0. The molecule has 2 rings (SSSR count). The van der Waals surface area contributed by atoms with Crippen molar-refractivity contribution < 1.29 is 17.9 Å². The molecule has 134 valence electrons. The average Bonchev–Trinajstić information content (AvgIpc) is 2.52. The molecule has 7 heteroatoms. The first-order valence-electron chi connectivity index (χ1n) is 8.10. The predicted molar refractivity (Wildman–Crippen MR) is 93.6 cm³/mol. The first-order valence-corrected chi connectivity index (χ1v) is 9.94. The predicted octanol–water partition coefficient (Wildman–Crippen LogP) is 1.56. The fourth-order valence-corrected chi connectivity index (χ4v) is 3.75. The van der Waals surface area contributed by atoms with Gasteiger partial charge in [-0.25, -0.2) is 12.7 Å². The first kappa shape index (κ1) is 18.7. The summed E-state index contributed by atoms with van der Waals surface area (Å²) in [5, 5.41) is 0. The first-order chi connectivity index (χ1) is 11.2. The molecule has 0 radical (unpaired) electrons. The van der Waals surface area contributed by atoms with Crippen LogP contribution in [0.5, 0.6) is 5.75 Å². The van der Waals surface area contributed by atoms with Crippen molar-refractivity contribution in [2.45, 2.75) is 32.7 Å². The average molecular weight is 354 g/mol. The standard InChI is InChI=1S/C17H26N2O4S/c1-13-6-5-7-14(2)17(13)23-12-16(20)19-10-8-15(9-11-19)18(3)24(4,21)22/h5-7,15H,8-12H2,1-4H3. The Balaban J connectivity index is 1.87. The highest BCUT2D eigenvalue weighted by Crippen LogP contribution is 2.23. The van der Waals surface area contributed by atoms with E-state index in [2.05, 4.69) is 0 Å². The third-order valence-electron chi connectivity index (χ3n) is 4.60. The number of hydrogen-bond acceptors (Lipinski definition) is 4. The highest BCUT2D eigenvalue weighted by Gasteiger charge is 2.29. The SMILES string of the molecule is Cc1cccc(C)c1OCC(=O)N1CCC(N(C)S(C)(=O)=O)CC1. The van der Waals surface area contributed by atoms with E-state index in [-0.39, 0.29) is 18.6 Å². The molecular weight excluding hydrogens is 328 g/mol. The van der Waals surface area contributed by atoms with E-state index in [9.17, 15) is 13.2 Å². The van der Waals surface area contributed by atoms with E-state index >= 15 is 0 Å². The highest BCUT2D eigenvalue weighted by molar-refractivity contribution is 7.88. The molecule has 0 saturated carbocycles. The van der Waals surface area contributed by atoms with Crippen molar-refractivity contribution in [1.82, 2.24) is 9.21 Å². The van der Waals surface area contributed by atoms with Gasteiger partial charge in [0, 0.05) is 26.2 Å². The van der Waals surface area contributed by atoms with Crippen molar-refractivity contribution in [3.05, 3.63) is 29.3 Å². The molecule has 1 aromatic rings. The number of aryl methyl sites for hydroxylation is 2. The van der Waals surface area contributed by atoms with Gasteiger partial charge in [-0.05, 0) is 37.8 Å². The Kier molecular flexibility index (Phi) is 5.87. The lowest BCUT2D eigenvalue weighted by Gasteiger charge is -2.35. The van der Waals surface area contributed by atoms with E-state index in [1.165, 1.54) is 10.6 Å². The van der Waals surface area contributed by atoms with E-state index in [0.717, 1.165) is 16.9 Å². The van der Waals surface area contributed by atoms with Gasteiger partial charge in [0.2, 0.25) is 10.0 Å². The third-order valence-corrected chi connectivity index (χ3v) is 5.95. The number of hydrogen-bond donors (Lipinski definition) is 0. The molecule has 0 aliphatic carbocycles. The molecule has 1 aliphatic rings. The second kappa shape index (κ2) is 7.53. The number of ether oxygens (including phenoxy) is 1. The quantitative estimate of drug-likeness (QED) is 0.805. The molecule has 1 amide bonds. The summed E-state index contributed by atoms with van der Waals surface area (Å²) in [5.41, 5.74) is 2.02. The maximum absolute atomic E-state index is 12.3. The Morgan fingerprint density at radius 3 is 2.29 bits per heavy atom. The largest absolute Gasteiger partial charge is 0.483 e. The fraction of sp³-hybridized carbons (Fsp3) is 0.588. The van der Waals surface area contributed by atoms with Gasteiger partial charge in [-0.1, -0.05) is 18.2 Å². The van der Waals surface area contributed by atoms with E-state index in [0.29, 0.717) is 25.9 Å². The van der Waals surface area contributed by atoms with Crippen molar-refractivity contribution >= 4 is 15.9 Å². The van der Waals surface area contributed by atoms with Crippen LogP contribution in [0.3, 0.4) is 0 Å². The van der Waals surface area contributed by atoms with Gasteiger partial charge in [0.25, 0.3) is 5.91 Å². The summed E-state index contributed by atoms with van der Waals surface area (Å²) in [4.78, 5) is 14.1. The van der Waals surface area contributed by atoms with Gasteiger partial charge in [0.15, 0.2) is 6.61 Å². The van der Waals surface area contributed by atoms with Crippen LogP contribution in [0.25, 0.3) is 0 Å². The van der Waals surface area contributed by atoms with E-state index in [4.69, 9.17) is 4.74 Å². The van der Waals surface area contributed by atoms with Gasteiger partial charge < -0.3 is 9.64 Å². The van der Waals surface area contributed by atoms with Crippen LogP contribution >= 0.6 is 0 Å². The smallest absolute Gasteiger partial charge is 0.260 e. The molecule has 6 nitrogen and oxygen atoms in total. The van der Waals surface area contributed by atoms with E-state index in [1.807, 2.05) is 32.0 Å². The van der Waals surface area contributed by atoms with Crippen LogP contribution in [-0.4, -0.2) is 62.6 Å². The number of likely N-dealkylation sites (tertiary alicyclic amines) is 1. The molecule has 0 bridgehead atoms. The zero-order chi connectivity index (χ0) is 17.9. The molecule has 1 aromatic carbocycles. The van der Waals surface area contributed by atoms with Crippen molar-refractivity contribution in [2.24, 2.45) is 0 Å². The topological polar surface area (TPSA) is 66.9 Å². The second-order valence-electron chi connectivity index (χ2n) is 6.40. The molecule has 0 atom stereocenters. The molecule has 0 spiro atoms. The number of amides is 1. The number of nitrogens with zero attached hydrogens (tertiary/aromatic N) is 2. The molecule has 0 aromatic heterocycles. The molecular formula is C17H26N2O4S. The number of piperidine rings is 1. The van der Waals surface area contributed by atoms with Crippen LogP contribution < -0.4 is 4.74 Å². The highest BCUT2D eigenvalue weighted by atomic mass is 32.2. The van der Waals surface area contributed by atoms with Crippen LogP contribution in [0.2, 0.25) is 0 Å². The number of carbonyl (C=O) groups is 1. The summed E-state index contributed by atoms with van der Waals surface area (Å²) in [7, 11) is -1.59. The zero-order valence-electron chi connectivity index (χ0n) is 14.8. The normalized spacial score (nSPS) is 16.5. The Morgan fingerprint density at radius 1 is 1.25 bits per heavy atom. The maximum Gasteiger partial charge on any atom is 0.260 e. The van der Waals surface area contributed by atoms with Gasteiger partial charge >= 0.3 is 0 Å². The molecule has 1 heterocycles.